The third-order valence-corrected chi connectivity index (χ3v) is 4.11. The van der Waals surface area contributed by atoms with E-state index in [0.29, 0.717) is 42.5 Å². The molecule has 7 heteroatoms. The first-order valence-corrected chi connectivity index (χ1v) is 9.47. The molecular formula is C22H23FN4O2. The Balaban J connectivity index is 1.60. The normalized spacial score (nSPS) is 10.6. The Hall–Kier alpha value is -3.32. The number of hydrogen-bond acceptors (Lipinski definition) is 5. The summed E-state index contributed by atoms with van der Waals surface area (Å²) in [6.45, 7) is 3.83. The van der Waals surface area contributed by atoms with Gasteiger partial charge < -0.3 is 15.4 Å². The van der Waals surface area contributed by atoms with E-state index >= 15 is 0 Å². The summed E-state index contributed by atoms with van der Waals surface area (Å²) < 4.78 is 18.7. The van der Waals surface area contributed by atoms with Crippen LogP contribution in [0.2, 0.25) is 0 Å². The van der Waals surface area contributed by atoms with Crippen molar-refractivity contribution >= 4 is 17.4 Å². The molecular weight excluding hydrogens is 371 g/mol. The van der Waals surface area contributed by atoms with E-state index < -0.39 is 0 Å². The predicted molar refractivity (Wildman–Crippen MR) is 111 cm³/mol. The molecule has 1 aromatic heterocycles. The van der Waals surface area contributed by atoms with Crippen LogP contribution < -0.4 is 10.6 Å². The monoisotopic (exact) mass is 394 g/mol. The lowest BCUT2D eigenvalue weighted by molar-refractivity contribution is 0.0944. The minimum absolute atomic E-state index is 0.122. The molecule has 0 atom stereocenters. The highest BCUT2D eigenvalue weighted by Gasteiger charge is 2.07. The molecule has 0 unspecified atom stereocenters. The summed E-state index contributed by atoms with van der Waals surface area (Å²) in [5, 5.41) is 6.03. The van der Waals surface area contributed by atoms with Crippen molar-refractivity contribution in [2.24, 2.45) is 0 Å². The number of ether oxygens (including phenoxy) is 1. The second-order valence-electron chi connectivity index (χ2n) is 6.28. The fourth-order valence-electron chi connectivity index (χ4n) is 2.67. The lowest BCUT2D eigenvalue weighted by Gasteiger charge is -2.09. The summed E-state index contributed by atoms with van der Waals surface area (Å²) in [4.78, 5) is 20.8. The number of carbonyl (C=O) groups is 1. The first-order chi connectivity index (χ1) is 14.2. The van der Waals surface area contributed by atoms with Gasteiger partial charge in [-0.2, -0.15) is 0 Å². The van der Waals surface area contributed by atoms with Crippen LogP contribution in [0, 0.1) is 5.82 Å². The van der Waals surface area contributed by atoms with Gasteiger partial charge in [0.15, 0.2) is 5.82 Å². The Morgan fingerprint density at radius 2 is 1.97 bits per heavy atom. The molecule has 6 nitrogen and oxygen atoms in total. The van der Waals surface area contributed by atoms with Gasteiger partial charge in [-0.25, -0.2) is 14.4 Å². The molecule has 0 bridgehead atoms. The maximum absolute atomic E-state index is 13.4. The van der Waals surface area contributed by atoms with E-state index in [4.69, 9.17) is 4.74 Å². The van der Waals surface area contributed by atoms with Gasteiger partial charge in [0.05, 0.1) is 0 Å². The molecule has 1 heterocycles. The fraction of sp³-hybridized carbons (Fsp3) is 0.227. The number of amides is 1. The Morgan fingerprint density at radius 1 is 1.14 bits per heavy atom. The van der Waals surface area contributed by atoms with Crippen molar-refractivity contribution in [1.82, 2.24) is 15.3 Å². The number of halogens is 1. The summed E-state index contributed by atoms with van der Waals surface area (Å²) in [5.41, 5.74) is 1.96. The number of anilines is 2. The van der Waals surface area contributed by atoms with Crippen molar-refractivity contribution in [1.29, 1.82) is 0 Å². The summed E-state index contributed by atoms with van der Waals surface area (Å²) in [7, 11) is 0. The van der Waals surface area contributed by atoms with Gasteiger partial charge in [-0.05, 0) is 55.8 Å². The Bertz CT molecular complexity index is 948. The van der Waals surface area contributed by atoms with Gasteiger partial charge in [-0.1, -0.05) is 12.1 Å². The van der Waals surface area contributed by atoms with Crippen LogP contribution in [0.3, 0.4) is 0 Å². The minimum Gasteiger partial charge on any atom is -0.382 e. The molecule has 0 fully saturated rings. The first kappa shape index (κ1) is 20.4. The molecule has 150 valence electrons. The van der Waals surface area contributed by atoms with Crippen LogP contribution in [-0.4, -0.2) is 35.6 Å². The molecule has 2 aromatic carbocycles. The van der Waals surface area contributed by atoms with E-state index in [2.05, 4.69) is 20.6 Å². The van der Waals surface area contributed by atoms with Crippen LogP contribution in [0.4, 0.5) is 15.9 Å². The summed E-state index contributed by atoms with van der Waals surface area (Å²) in [6, 6.07) is 15.0. The zero-order valence-corrected chi connectivity index (χ0v) is 16.2. The van der Waals surface area contributed by atoms with Crippen molar-refractivity contribution in [3.8, 4) is 11.4 Å². The molecule has 0 aliphatic carbocycles. The number of rotatable bonds is 9. The second kappa shape index (κ2) is 10.3. The molecule has 0 saturated carbocycles. The molecule has 0 radical (unpaired) electrons. The molecule has 0 aliphatic heterocycles. The molecule has 29 heavy (non-hydrogen) atoms. The van der Waals surface area contributed by atoms with E-state index in [0.717, 1.165) is 12.1 Å². The van der Waals surface area contributed by atoms with Gasteiger partial charge in [0.2, 0.25) is 0 Å². The maximum atomic E-state index is 13.4. The minimum atomic E-state index is -0.337. The van der Waals surface area contributed by atoms with Gasteiger partial charge in [0, 0.05) is 42.8 Å². The second-order valence-corrected chi connectivity index (χ2v) is 6.28. The zero-order chi connectivity index (χ0) is 20.5. The van der Waals surface area contributed by atoms with Gasteiger partial charge >= 0.3 is 0 Å². The fourth-order valence-corrected chi connectivity index (χ4v) is 2.67. The summed E-state index contributed by atoms with van der Waals surface area (Å²) in [6.07, 6.45) is 2.39. The SMILES string of the molecule is CCOCCCNC(=O)c1ccc(Nc2ccnc(-c3cccc(F)c3)n2)cc1. The summed E-state index contributed by atoms with van der Waals surface area (Å²) in [5.74, 6) is 0.546. The molecule has 0 aliphatic rings. The number of carbonyl (C=O) groups excluding carboxylic acids is 1. The van der Waals surface area contributed by atoms with E-state index in [1.165, 1.54) is 12.1 Å². The van der Waals surface area contributed by atoms with Crippen molar-refractivity contribution < 1.29 is 13.9 Å². The van der Waals surface area contributed by atoms with E-state index in [1.807, 2.05) is 6.92 Å². The quantitative estimate of drug-likeness (QED) is 0.533. The number of hydrogen-bond donors (Lipinski definition) is 2. The van der Waals surface area contributed by atoms with Crippen LogP contribution in [-0.2, 0) is 4.74 Å². The van der Waals surface area contributed by atoms with Crippen molar-refractivity contribution in [2.45, 2.75) is 13.3 Å². The van der Waals surface area contributed by atoms with Crippen LogP contribution in [0.15, 0.2) is 60.8 Å². The van der Waals surface area contributed by atoms with E-state index in [-0.39, 0.29) is 11.7 Å². The Labute approximate surface area is 169 Å². The van der Waals surface area contributed by atoms with Gasteiger partial charge in [0.25, 0.3) is 5.91 Å². The van der Waals surface area contributed by atoms with Crippen LogP contribution in [0.1, 0.15) is 23.7 Å². The number of benzene rings is 2. The third kappa shape index (κ3) is 6.08. The largest absolute Gasteiger partial charge is 0.382 e. The molecule has 1 amide bonds. The lowest BCUT2D eigenvalue weighted by atomic mass is 10.2. The van der Waals surface area contributed by atoms with E-state index in [9.17, 15) is 9.18 Å². The van der Waals surface area contributed by atoms with Crippen molar-refractivity contribution in [2.75, 3.05) is 25.1 Å². The van der Waals surface area contributed by atoms with Crippen LogP contribution in [0.5, 0.6) is 0 Å². The smallest absolute Gasteiger partial charge is 0.251 e. The third-order valence-electron chi connectivity index (χ3n) is 4.11. The average molecular weight is 394 g/mol. The van der Waals surface area contributed by atoms with Gasteiger partial charge in [0.1, 0.15) is 11.6 Å². The van der Waals surface area contributed by atoms with Crippen molar-refractivity contribution in [3.05, 3.63) is 72.2 Å². The first-order valence-electron chi connectivity index (χ1n) is 9.47. The summed E-state index contributed by atoms with van der Waals surface area (Å²) >= 11 is 0. The van der Waals surface area contributed by atoms with E-state index in [1.54, 1.807) is 48.7 Å². The Kier molecular flexibility index (Phi) is 7.24. The molecule has 2 N–H and O–H groups in total. The molecule has 3 aromatic rings. The average Bonchev–Trinajstić information content (AvgIpc) is 2.74. The highest BCUT2D eigenvalue weighted by molar-refractivity contribution is 5.94. The zero-order valence-electron chi connectivity index (χ0n) is 16.2. The molecule has 0 saturated heterocycles. The van der Waals surface area contributed by atoms with Gasteiger partial charge in [-0.3, -0.25) is 4.79 Å². The lowest BCUT2D eigenvalue weighted by Crippen LogP contribution is -2.25. The highest BCUT2D eigenvalue weighted by atomic mass is 19.1. The van der Waals surface area contributed by atoms with Crippen molar-refractivity contribution in [3.63, 3.8) is 0 Å². The highest BCUT2D eigenvalue weighted by Crippen LogP contribution is 2.20. The topological polar surface area (TPSA) is 76.1 Å². The van der Waals surface area contributed by atoms with Crippen LogP contribution >= 0.6 is 0 Å². The number of aromatic nitrogens is 2. The Morgan fingerprint density at radius 3 is 2.72 bits per heavy atom. The van der Waals surface area contributed by atoms with Gasteiger partial charge in [-0.15, -0.1) is 0 Å². The molecule has 0 spiro atoms. The predicted octanol–water partition coefficient (Wildman–Crippen LogP) is 4.18. The maximum Gasteiger partial charge on any atom is 0.251 e. The number of nitrogens with zero attached hydrogens (tertiary/aromatic N) is 2. The standard InChI is InChI=1S/C22H23FN4O2/c1-2-29-14-4-12-25-22(28)16-7-9-19(10-8-16)26-20-11-13-24-21(27-20)17-5-3-6-18(23)15-17/h3,5-11,13,15H,2,4,12,14H2,1H3,(H,25,28)(H,24,26,27). The van der Waals surface area contributed by atoms with Crippen LogP contribution in [0.25, 0.3) is 11.4 Å². The molecule has 3 rings (SSSR count). The number of nitrogens with one attached hydrogen (secondary N) is 2.